The number of piperidine rings is 1. The number of benzene rings is 2. The summed E-state index contributed by atoms with van der Waals surface area (Å²) in [6.45, 7) is 4.18. The summed E-state index contributed by atoms with van der Waals surface area (Å²) in [4.78, 5) is 29.3. The van der Waals surface area contributed by atoms with Gasteiger partial charge >= 0.3 is 12.1 Å². The van der Waals surface area contributed by atoms with Gasteiger partial charge in [-0.05, 0) is 86.2 Å². The van der Waals surface area contributed by atoms with Crippen molar-refractivity contribution in [2.45, 2.75) is 69.3 Å². The number of aromatic carboxylic acids is 1. The van der Waals surface area contributed by atoms with Crippen LogP contribution in [0.25, 0.3) is 0 Å². The molecule has 4 aliphatic rings. The fourth-order valence-corrected chi connectivity index (χ4v) is 7.37. The molecule has 42 heavy (non-hydrogen) atoms. The molecule has 3 fully saturated rings. The summed E-state index contributed by atoms with van der Waals surface area (Å²) in [7, 11) is 0. The van der Waals surface area contributed by atoms with Crippen LogP contribution in [-0.4, -0.2) is 64.9 Å². The Hall–Kier alpha value is -2.82. The van der Waals surface area contributed by atoms with Gasteiger partial charge in [-0.2, -0.15) is 13.2 Å². The molecule has 4 atom stereocenters. The predicted octanol–water partition coefficient (Wildman–Crippen LogP) is 6.19. The maximum Gasteiger partial charge on any atom is 0.416 e. The smallest absolute Gasteiger partial charge is 0.416 e. The molecule has 7 nitrogen and oxygen atoms in total. The van der Waals surface area contributed by atoms with Gasteiger partial charge in [0, 0.05) is 18.2 Å². The van der Waals surface area contributed by atoms with Gasteiger partial charge in [-0.25, -0.2) is 4.79 Å². The number of ether oxygens (including phenoxy) is 2. The molecule has 0 radical (unpaired) electrons. The Kier molecular flexibility index (Phi) is 7.68. The molecule has 0 aromatic heterocycles. The van der Waals surface area contributed by atoms with E-state index < -0.39 is 23.3 Å². The average Bonchev–Trinajstić information content (AvgIpc) is 3.82. The van der Waals surface area contributed by atoms with Gasteiger partial charge in [0.2, 0.25) is 0 Å². The van der Waals surface area contributed by atoms with Crippen molar-refractivity contribution in [3.8, 4) is 5.75 Å². The van der Waals surface area contributed by atoms with Gasteiger partial charge in [0.05, 0.1) is 29.3 Å². The highest BCUT2D eigenvalue weighted by Crippen LogP contribution is 2.49. The maximum absolute atomic E-state index is 14.0. The number of likely N-dealkylation sites (tertiary alicyclic amines) is 1. The zero-order valence-electron chi connectivity index (χ0n) is 23.3. The van der Waals surface area contributed by atoms with E-state index in [0.29, 0.717) is 24.5 Å². The second-order valence-corrected chi connectivity index (χ2v) is 12.6. The number of halogens is 4. The first-order chi connectivity index (χ1) is 20.0. The van der Waals surface area contributed by atoms with Crippen LogP contribution >= 0.6 is 11.6 Å². The highest BCUT2D eigenvalue weighted by atomic mass is 35.5. The van der Waals surface area contributed by atoms with E-state index in [1.807, 2.05) is 6.07 Å². The largest absolute Gasteiger partial charge is 0.478 e. The molecule has 0 bridgehead atoms. The van der Waals surface area contributed by atoms with Gasteiger partial charge in [-0.1, -0.05) is 30.7 Å². The summed E-state index contributed by atoms with van der Waals surface area (Å²) in [5, 5.41) is 9.27. The quantitative estimate of drug-likeness (QED) is 0.437. The van der Waals surface area contributed by atoms with Gasteiger partial charge in [0.25, 0.3) is 5.91 Å². The zero-order chi connectivity index (χ0) is 29.8. The van der Waals surface area contributed by atoms with E-state index in [9.17, 15) is 27.9 Å². The topological polar surface area (TPSA) is 79.3 Å². The summed E-state index contributed by atoms with van der Waals surface area (Å²) >= 11 is 6.10. The summed E-state index contributed by atoms with van der Waals surface area (Å²) < 4.78 is 52.4. The van der Waals surface area contributed by atoms with Crippen molar-refractivity contribution in [1.29, 1.82) is 0 Å². The van der Waals surface area contributed by atoms with E-state index in [4.69, 9.17) is 21.1 Å². The van der Waals surface area contributed by atoms with Crippen molar-refractivity contribution < 1.29 is 37.3 Å². The van der Waals surface area contributed by atoms with Crippen molar-refractivity contribution in [2.75, 3.05) is 26.4 Å². The highest BCUT2D eigenvalue weighted by molar-refractivity contribution is 6.32. The van der Waals surface area contributed by atoms with Crippen LogP contribution in [-0.2, 0) is 22.3 Å². The molecular weight excluding hydrogens is 573 g/mol. The van der Waals surface area contributed by atoms with E-state index in [-0.39, 0.29) is 53.4 Å². The van der Waals surface area contributed by atoms with E-state index in [0.717, 1.165) is 56.5 Å². The molecule has 1 N–H and O–H groups in total. The molecule has 11 heteroatoms. The molecule has 6 rings (SSSR count). The number of fused-ring (bicyclic) bond motifs is 1. The number of hydrogen-bond acceptors (Lipinski definition) is 5. The Morgan fingerprint density at radius 3 is 2.55 bits per heavy atom. The predicted molar refractivity (Wildman–Crippen MR) is 148 cm³/mol. The number of nitrogens with zero attached hydrogens (tertiary/aromatic N) is 2. The number of amides is 1. The molecule has 2 aromatic rings. The standard InChI is InChI=1S/C31H34ClF3N2O5/c1-18-14-36(10-8-25(18)19-3-2-4-20(11-19)28(38)39)24-7-9-30(42-16-24,22-5-6-22)29(40)37-15-21-12-23(31(33,34)35)13-26(32)27(21)41-17-37/h2-4,11-13,18,22,24-25H,5-10,14-17H2,1H3,(H,38,39)/t18-,24+,25-,30-/m0/s1. The van der Waals surface area contributed by atoms with Crippen molar-refractivity contribution in [3.63, 3.8) is 0 Å². The minimum Gasteiger partial charge on any atom is -0.478 e. The van der Waals surface area contributed by atoms with Gasteiger partial charge in [0.1, 0.15) is 11.4 Å². The van der Waals surface area contributed by atoms with Crippen molar-refractivity contribution >= 4 is 23.5 Å². The van der Waals surface area contributed by atoms with Crippen LogP contribution in [0.5, 0.6) is 5.75 Å². The van der Waals surface area contributed by atoms with Crippen LogP contribution in [0.4, 0.5) is 13.2 Å². The van der Waals surface area contributed by atoms with E-state index in [2.05, 4.69) is 11.8 Å². The number of carbonyl (C=O) groups is 2. The Balaban J connectivity index is 1.11. The Morgan fingerprint density at radius 1 is 1.12 bits per heavy atom. The third-order valence-electron chi connectivity index (χ3n) is 9.46. The van der Waals surface area contributed by atoms with Crippen LogP contribution in [0.1, 0.15) is 72.0 Å². The molecule has 1 aliphatic carbocycles. The maximum atomic E-state index is 14.0. The van der Waals surface area contributed by atoms with Gasteiger partial charge in [0.15, 0.2) is 6.73 Å². The second kappa shape index (κ2) is 11.0. The highest BCUT2D eigenvalue weighted by Gasteiger charge is 2.56. The van der Waals surface area contributed by atoms with E-state index in [1.165, 1.54) is 4.90 Å². The minimum absolute atomic E-state index is 0.0207. The fourth-order valence-electron chi connectivity index (χ4n) is 7.08. The summed E-state index contributed by atoms with van der Waals surface area (Å²) in [5.74, 6) is -0.295. The van der Waals surface area contributed by atoms with Crippen molar-refractivity contribution in [3.05, 3.63) is 63.7 Å². The molecule has 0 unspecified atom stereocenters. The first-order valence-electron chi connectivity index (χ1n) is 14.5. The van der Waals surface area contributed by atoms with Gasteiger partial charge in [-0.15, -0.1) is 0 Å². The Morgan fingerprint density at radius 2 is 1.90 bits per heavy atom. The van der Waals surface area contributed by atoms with E-state index >= 15 is 0 Å². The van der Waals surface area contributed by atoms with Crippen LogP contribution in [0, 0.1) is 11.8 Å². The molecule has 1 amide bonds. The zero-order valence-corrected chi connectivity index (χ0v) is 24.1. The normalized spacial score (nSPS) is 28.6. The van der Waals surface area contributed by atoms with E-state index in [1.54, 1.807) is 18.2 Å². The lowest BCUT2D eigenvalue weighted by Crippen LogP contribution is -2.59. The molecule has 3 heterocycles. The van der Waals surface area contributed by atoms with Crippen LogP contribution in [0.3, 0.4) is 0 Å². The molecular formula is C31H34ClF3N2O5. The lowest BCUT2D eigenvalue weighted by Gasteiger charge is -2.47. The SMILES string of the molecule is C[C@H]1CN([C@@H]2CC[C@@](C(=O)N3COc4c(Cl)cc(C(F)(F)F)cc4C3)(C3CC3)OC2)CC[C@@H]1c1cccc(C(=O)O)c1. The monoisotopic (exact) mass is 606 g/mol. The van der Waals surface area contributed by atoms with Gasteiger partial charge in [-0.3, -0.25) is 9.69 Å². The fraction of sp³-hybridized carbons (Fsp3) is 0.548. The summed E-state index contributed by atoms with van der Waals surface area (Å²) in [5.41, 5.74) is -0.279. The summed E-state index contributed by atoms with van der Waals surface area (Å²) in [6, 6.07) is 9.21. The molecule has 2 aromatic carbocycles. The van der Waals surface area contributed by atoms with Crippen LogP contribution in [0.2, 0.25) is 5.02 Å². The van der Waals surface area contributed by atoms with Crippen molar-refractivity contribution in [1.82, 2.24) is 9.80 Å². The Bertz CT molecular complexity index is 1370. The lowest BCUT2D eigenvalue weighted by atomic mass is 9.79. The first-order valence-corrected chi connectivity index (χ1v) is 14.9. The first kappa shape index (κ1) is 29.3. The Labute approximate surface area is 247 Å². The van der Waals surface area contributed by atoms with Gasteiger partial charge < -0.3 is 19.5 Å². The molecule has 1 saturated carbocycles. The number of hydrogen-bond donors (Lipinski definition) is 1. The van der Waals surface area contributed by atoms with Crippen molar-refractivity contribution in [2.24, 2.45) is 11.8 Å². The number of carbonyl (C=O) groups excluding carboxylic acids is 1. The third-order valence-corrected chi connectivity index (χ3v) is 9.74. The molecule has 2 saturated heterocycles. The lowest BCUT2D eigenvalue weighted by molar-refractivity contribution is -0.180. The number of carboxylic acids is 1. The number of alkyl halides is 3. The molecule has 0 spiro atoms. The van der Waals surface area contributed by atoms with Crippen LogP contribution in [0.15, 0.2) is 36.4 Å². The molecule has 226 valence electrons. The molecule has 3 aliphatic heterocycles. The third kappa shape index (κ3) is 5.49. The van der Waals surface area contributed by atoms with Crippen LogP contribution < -0.4 is 4.74 Å². The minimum atomic E-state index is -4.56. The number of carboxylic acid groups (broad SMARTS) is 1. The number of rotatable bonds is 5. The average molecular weight is 607 g/mol. The second-order valence-electron chi connectivity index (χ2n) is 12.2. The summed E-state index contributed by atoms with van der Waals surface area (Å²) in [6.07, 6.45) is -0.573.